The molecule has 0 atom stereocenters. The zero-order chi connectivity index (χ0) is 14.8. The molecule has 0 aliphatic carbocycles. The molecule has 0 bridgehead atoms. The first kappa shape index (κ1) is 14.8. The van der Waals surface area contributed by atoms with Gasteiger partial charge in [-0.05, 0) is 26.1 Å². The number of aromatic nitrogens is 3. The Morgan fingerprint density at radius 3 is 2.85 bits per heavy atom. The van der Waals surface area contributed by atoms with Gasteiger partial charge in [-0.2, -0.15) is 5.10 Å². The predicted octanol–water partition coefficient (Wildman–Crippen LogP) is 1.29. The third-order valence-corrected chi connectivity index (χ3v) is 4.41. The van der Waals surface area contributed by atoms with Gasteiger partial charge in [-0.3, -0.25) is 9.82 Å². The number of hydrogen-bond donors (Lipinski definition) is 3. The van der Waals surface area contributed by atoms with E-state index >= 15 is 0 Å². The smallest absolute Gasteiger partial charge is 0.266 e. The number of H-pyrrole nitrogens is 1. The molecule has 0 aliphatic rings. The predicted molar refractivity (Wildman–Crippen MR) is 76.1 cm³/mol. The van der Waals surface area contributed by atoms with E-state index in [1.807, 2.05) is 0 Å². The minimum Gasteiger partial charge on any atom is -0.314 e. The lowest BCUT2D eigenvalue weighted by molar-refractivity contribution is 0.598. The van der Waals surface area contributed by atoms with Gasteiger partial charge in [-0.25, -0.2) is 13.4 Å². The Hall–Kier alpha value is -1.64. The standard InChI is InChI=1S/C11H14ClN5O2S/c1-7-10(9(6-13-2)16-15-7)20(18,19)17-11-8(12)4-3-5-14-11/h3-5,13H,6H2,1-2H3,(H,14,17)(H,15,16). The van der Waals surface area contributed by atoms with Gasteiger partial charge in [0.25, 0.3) is 10.0 Å². The van der Waals surface area contributed by atoms with Gasteiger partial charge in [0, 0.05) is 12.7 Å². The zero-order valence-corrected chi connectivity index (χ0v) is 12.5. The van der Waals surface area contributed by atoms with E-state index in [9.17, 15) is 8.42 Å². The van der Waals surface area contributed by atoms with Crippen molar-refractivity contribution in [2.45, 2.75) is 18.4 Å². The monoisotopic (exact) mass is 315 g/mol. The van der Waals surface area contributed by atoms with Crippen LogP contribution in [0, 0.1) is 6.92 Å². The van der Waals surface area contributed by atoms with Crippen LogP contribution in [0.15, 0.2) is 23.2 Å². The van der Waals surface area contributed by atoms with Crippen LogP contribution in [0.2, 0.25) is 5.02 Å². The Morgan fingerprint density at radius 2 is 2.20 bits per heavy atom. The second-order valence-corrected chi connectivity index (χ2v) is 6.12. The highest BCUT2D eigenvalue weighted by molar-refractivity contribution is 7.92. The van der Waals surface area contributed by atoms with Gasteiger partial charge in [-0.1, -0.05) is 11.6 Å². The molecule has 0 aliphatic heterocycles. The van der Waals surface area contributed by atoms with Crippen molar-refractivity contribution in [1.29, 1.82) is 0 Å². The molecule has 9 heteroatoms. The Labute approximate surface area is 121 Å². The molecule has 0 fully saturated rings. The van der Waals surface area contributed by atoms with Crippen LogP contribution < -0.4 is 10.0 Å². The van der Waals surface area contributed by atoms with E-state index in [0.717, 1.165) is 0 Å². The summed E-state index contributed by atoms with van der Waals surface area (Å²) in [5.74, 6) is 0.0881. The normalized spacial score (nSPS) is 11.6. The number of nitrogens with zero attached hydrogens (tertiary/aromatic N) is 2. The topological polar surface area (TPSA) is 99.8 Å². The average molecular weight is 316 g/mol. The first-order chi connectivity index (χ1) is 9.45. The maximum Gasteiger partial charge on any atom is 0.266 e. The van der Waals surface area contributed by atoms with Crippen LogP contribution >= 0.6 is 11.6 Å². The first-order valence-corrected chi connectivity index (χ1v) is 7.63. The van der Waals surface area contributed by atoms with Crippen LogP contribution in [0.5, 0.6) is 0 Å². The minimum atomic E-state index is -3.81. The van der Waals surface area contributed by atoms with Crippen LogP contribution in [0.25, 0.3) is 0 Å². The Morgan fingerprint density at radius 1 is 1.45 bits per heavy atom. The highest BCUT2D eigenvalue weighted by Crippen LogP contribution is 2.24. The number of hydrogen-bond acceptors (Lipinski definition) is 5. The van der Waals surface area contributed by atoms with E-state index in [1.165, 1.54) is 6.20 Å². The summed E-state index contributed by atoms with van der Waals surface area (Å²) in [5, 5.41) is 9.74. The summed E-state index contributed by atoms with van der Waals surface area (Å²) < 4.78 is 27.2. The summed E-state index contributed by atoms with van der Waals surface area (Å²) >= 11 is 5.91. The van der Waals surface area contributed by atoms with E-state index in [1.54, 1.807) is 26.1 Å². The third kappa shape index (κ3) is 2.92. The minimum absolute atomic E-state index is 0.0881. The molecule has 108 valence electrons. The highest BCUT2D eigenvalue weighted by Gasteiger charge is 2.25. The van der Waals surface area contributed by atoms with E-state index in [4.69, 9.17) is 11.6 Å². The van der Waals surface area contributed by atoms with E-state index in [-0.39, 0.29) is 15.7 Å². The molecule has 2 aromatic rings. The molecule has 20 heavy (non-hydrogen) atoms. The molecule has 3 N–H and O–H groups in total. The Balaban J connectivity index is 2.41. The molecule has 2 aromatic heterocycles. The molecule has 7 nitrogen and oxygen atoms in total. The number of sulfonamides is 1. The van der Waals surface area contributed by atoms with Crippen molar-refractivity contribution in [1.82, 2.24) is 20.5 Å². The summed E-state index contributed by atoms with van der Waals surface area (Å²) in [4.78, 5) is 4.02. The number of rotatable bonds is 5. The molecule has 0 radical (unpaired) electrons. The second kappa shape index (κ2) is 5.78. The van der Waals surface area contributed by atoms with Crippen LogP contribution in [0.4, 0.5) is 5.82 Å². The quantitative estimate of drug-likeness (QED) is 0.772. The molecule has 0 spiro atoms. The fraction of sp³-hybridized carbons (Fsp3) is 0.273. The number of halogens is 1. The molecule has 0 amide bonds. The Kier molecular flexibility index (Phi) is 4.26. The maximum atomic E-state index is 12.4. The van der Waals surface area contributed by atoms with Crippen molar-refractivity contribution in [3.05, 3.63) is 34.7 Å². The van der Waals surface area contributed by atoms with Gasteiger partial charge in [0.15, 0.2) is 5.82 Å². The maximum absolute atomic E-state index is 12.4. The van der Waals surface area contributed by atoms with Crippen LogP contribution in [0.3, 0.4) is 0 Å². The molecule has 0 aromatic carbocycles. The third-order valence-electron chi connectivity index (χ3n) is 2.56. The van der Waals surface area contributed by atoms with Crippen molar-refractivity contribution in [2.75, 3.05) is 11.8 Å². The molecule has 0 saturated heterocycles. The van der Waals surface area contributed by atoms with Crippen molar-refractivity contribution in [3.63, 3.8) is 0 Å². The number of aromatic amines is 1. The molecular formula is C11H14ClN5O2S. The molecule has 0 unspecified atom stereocenters. The number of aryl methyl sites for hydroxylation is 1. The van der Waals surface area contributed by atoms with Gasteiger partial charge in [0.05, 0.1) is 16.4 Å². The van der Waals surface area contributed by atoms with Crippen molar-refractivity contribution in [3.8, 4) is 0 Å². The van der Waals surface area contributed by atoms with E-state index < -0.39 is 10.0 Å². The van der Waals surface area contributed by atoms with E-state index in [0.29, 0.717) is 17.9 Å². The Bertz CT molecular complexity index is 713. The zero-order valence-electron chi connectivity index (χ0n) is 10.9. The van der Waals surface area contributed by atoms with Gasteiger partial charge in [0.2, 0.25) is 0 Å². The van der Waals surface area contributed by atoms with Crippen LogP contribution in [-0.4, -0.2) is 30.6 Å². The first-order valence-electron chi connectivity index (χ1n) is 5.77. The highest BCUT2D eigenvalue weighted by atomic mass is 35.5. The summed E-state index contributed by atoms with van der Waals surface area (Å²) in [5.41, 5.74) is 0.861. The SMILES string of the molecule is CNCc1n[nH]c(C)c1S(=O)(=O)Nc1ncccc1Cl. The van der Waals surface area contributed by atoms with E-state index in [2.05, 4.69) is 25.2 Å². The lowest BCUT2D eigenvalue weighted by atomic mass is 10.4. The molecule has 2 heterocycles. The fourth-order valence-electron chi connectivity index (χ4n) is 1.75. The van der Waals surface area contributed by atoms with Crippen LogP contribution in [-0.2, 0) is 16.6 Å². The molecule has 2 rings (SSSR count). The second-order valence-electron chi connectivity index (χ2n) is 4.09. The summed E-state index contributed by atoms with van der Waals surface area (Å²) in [7, 11) is -2.09. The fourth-order valence-corrected chi connectivity index (χ4v) is 3.37. The summed E-state index contributed by atoms with van der Waals surface area (Å²) in [6.45, 7) is 1.97. The average Bonchev–Trinajstić information content (AvgIpc) is 2.74. The van der Waals surface area contributed by atoms with Gasteiger partial charge in [0.1, 0.15) is 4.90 Å². The van der Waals surface area contributed by atoms with Gasteiger partial charge in [-0.15, -0.1) is 0 Å². The van der Waals surface area contributed by atoms with Gasteiger partial charge < -0.3 is 5.32 Å². The van der Waals surface area contributed by atoms with Crippen molar-refractivity contribution >= 4 is 27.4 Å². The molecular weight excluding hydrogens is 302 g/mol. The van der Waals surface area contributed by atoms with Crippen molar-refractivity contribution < 1.29 is 8.42 Å². The number of pyridine rings is 1. The number of anilines is 1. The summed E-state index contributed by atoms with van der Waals surface area (Å²) in [6, 6.07) is 3.18. The lowest BCUT2D eigenvalue weighted by Crippen LogP contribution is -2.18. The number of nitrogens with one attached hydrogen (secondary N) is 3. The van der Waals surface area contributed by atoms with Gasteiger partial charge >= 0.3 is 0 Å². The summed E-state index contributed by atoms with van der Waals surface area (Å²) in [6.07, 6.45) is 1.46. The van der Waals surface area contributed by atoms with Crippen LogP contribution in [0.1, 0.15) is 11.4 Å². The molecule has 0 saturated carbocycles. The van der Waals surface area contributed by atoms with Crippen molar-refractivity contribution in [2.24, 2.45) is 0 Å². The lowest BCUT2D eigenvalue weighted by Gasteiger charge is -2.09. The largest absolute Gasteiger partial charge is 0.314 e.